The molecule has 0 aromatic heterocycles. The van der Waals surface area contributed by atoms with Gasteiger partial charge < -0.3 is 14.6 Å². The molecule has 2 aliphatic rings. The first-order valence-electron chi connectivity index (χ1n) is 8.78. The predicted molar refractivity (Wildman–Crippen MR) is 108 cm³/mol. The molecule has 0 saturated heterocycles. The Bertz CT molecular complexity index is 935. The third-order valence-electron chi connectivity index (χ3n) is 4.91. The fourth-order valence-electron chi connectivity index (χ4n) is 3.74. The van der Waals surface area contributed by atoms with Gasteiger partial charge in [0.05, 0.1) is 24.6 Å². The van der Waals surface area contributed by atoms with Crippen molar-refractivity contribution in [3.8, 4) is 11.5 Å². The van der Waals surface area contributed by atoms with Crippen molar-refractivity contribution in [1.82, 2.24) is 5.01 Å². The molecule has 5 nitrogen and oxygen atoms in total. The van der Waals surface area contributed by atoms with E-state index in [2.05, 4.69) is 22.0 Å². The van der Waals surface area contributed by atoms with Crippen LogP contribution >= 0.6 is 15.9 Å². The molecule has 0 fully saturated rings. The summed E-state index contributed by atoms with van der Waals surface area (Å²) in [5.41, 5.74) is 2.25. The first kappa shape index (κ1) is 17.9. The molecule has 0 amide bonds. The molecule has 27 heavy (non-hydrogen) atoms. The van der Waals surface area contributed by atoms with Crippen LogP contribution in [0.3, 0.4) is 0 Å². The third-order valence-corrected chi connectivity index (χ3v) is 5.41. The number of rotatable bonds is 3. The van der Waals surface area contributed by atoms with E-state index in [0.717, 1.165) is 39.2 Å². The zero-order valence-electron chi connectivity index (χ0n) is 15.4. The minimum Gasteiger partial charge on any atom is -0.513 e. The molecular weight excluding hydrogens is 408 g/mol. The molecule has 0 saturated carbocycles. The highest BCUT2D eigenvalue weighted by Gasteiger charge is 2.46. The molecule has 140 valence electrons. The molecule has 2 unspecified atom stereocenters. The van der Waals surface area contributed by atoms with Gasteiger partial charge in [0.25, 0.3) is 0 Å². The summed E-state index contributed by atoms with van der Waals surface area (Å²) in [7, 11) is 1.66. The number of allylic oxidation sites excluding steroid dienone is 1. The van der Waals surface area contributed by atoms with E-state index in [1.54, 1.807) is 20.1 Å². The van der Waals surface area contributed by atoms with E-state index in [1.165, 1.54) is 0 Å². The Morgan fingerprint density at radius 3 is 2.74 bits per heavy atom. The zero-order chi connectivity index (χ0) is 19.2. The molecule has 2 aliphatic heterocycles. The number of nitrogens with zero attached hydrogens (tertiary/aromatic N) is 2. The van der Waals surface area contributed by atoms with Gasteiger partial charge in [0.2, 0.25) is 5.72 Å². The molecule has 0 spiro atoms. The number of hydrogen-bond acceptors (Lipinski definition) is 5. The van der Waals surface area contributed by atoms with Gasteiger partial charge in [-0.25, -0.2) is 5.01 Å². The summed E-state index contributed by atoms with van der Waals surface area (Å²) in [5, 5.41) is 16.7. The number of halogens is 1. The van der Waals surface area contributed by atoms with Crippen molar-refractivity contribution >= 4 is 21.6 Å². The normalized spacial score (nSPS) is 24.0. The highest BCUT2D eigenvalue weighted by atomic mass is 79.9. The summed E-state index contributed by atoms with van der Waals surface area (Å²) in [6.45, 7) is 3.57. The topological polar surface area (TPSA) is 54.3 Å². The number of ether oxygens (including phenoxy) is 2. The predicted octanol–water partition coefficient (Wildman–Crippen LogP) is 5.18. The van der Waals surface area contributed by atoms with Gasteiger partial charge in [-0.15, -0.1) is 0 Å². The summed E-state index contributed by atoms with van der Waals surface area (Å²) in [4.78, 5) is 0. The first-order valence-corrected chi connectivity index (χ1v) is 9.57. The summed E-state index contributed by atoms with van der Waals surface area (Å²) < 4.78 is 12.5. The Balaban J connectivity index is 1.79. The average Bonchev–Trinajstić information content (AvgIpc) is 3.09. The molecule has 1 N–H and O–H groups in total. The molecular formula is C21H21BrN2O3. The number of aliphatic hydroxyl groups is 1. The van der Waals surface area contributed by atoms with Crippen LogP contribution in [0, 0.1) is 0 Å². The molecule has 0 bridgehead atoms. The lowest BCUT2D eigenvalue weighted by atomic mass is 9.94. The van der Waals surface area contributed by atoms with Crippen molar-refractivity contribution in [3.05, 3.63) is 69.9 Å². The second-order valence-corrected chi connectivity index (χ2v) is 7.88. The maximum atomic E-state index is 9.91. The van der Waals surface area contributed by atoms with Crippen LogP contribution in [0.5, 0.6) is 11.5 Å². The summed E-state index contributed by atoms with van der Waals surface area (Å²) in [5.74, 6) is 1.83. The quantitative estimate of drug-likeness (QED) is 0.684. The van der Waals surface area contributed by atoms with Crippen molar-refractivity contribution in [2.75, 3.05) is 7.11 Å². The van der Waals surface area contributed by atoms with Gasteiger partial charge in [-0.1, -0.05) is 15.9 Å². The van der Waals surface area contributed by atoms with Gasteiger partial charge in [0, 0.05) is 29.5 Å². The van der Waals surface area contributed by atoms with Crippen LogP contribution in [0.1, 0.15) is 37.4 Å². The van der Waals surface area contributed by atoms with Crippen LogP contribution in [0.25, 0.3) is 0 Å². The smallest absolute Gasteiger partial charge is 0.218 e. The van der Waals surface area contributed by atoms with Gasteiger partial charge >= 0.3 is 0 Å². The van der Waals surface area contributed by atoms with E-state index in [-0.39, 0.29) is 11.8 Å². The van der Waals surface area contributed by atoms with E-state index in [4.69, 9.17) is 14.6 Å². The number of benzene rings is 2. The molecule has 6 heteroatoms. The molecule has 2 aromatic rings. The van der Waals surface area contributed by atoms with E-state index in [9.17, 15) is 5.11 Å². The summed E-state index contributed by atoms with van der Waals surface area (Å²) in [6, 6.07) is 13.9. The number of fused-ring (bicyclic) bond motifs is 3. The molecule has 4 rings (SSSR count). The molecule has 2 aromatic carbocycles. The lowest BCUT2D eigenvalue weighted by Crippen LogP contribution is -2.50. The van der Waals surface area contributed by atoms with Crippen molar-refractivity contribution in [2.24, 2.45) is 5.10 Å². The van der Waals surface area contributed by atoms with Crippen LogP contribution < -0.4 is 9.47 Å². The fraction of sp³-hybridized carbons (Fsp3) is 0.286. The third kappa shape index (κ3) is 3.18. The monoisotopic (exact) mass is 428 g/mol. The van der Waals surface area contributed by atoms with Gasteiger partial charge in [-0.3, -0.25) is 0 Å². The number of methoxy groups -OCH3 is 1. The average molecular weight is 429 g/mol. The Hall–Kier alpha value is -2.47. The molecule has 2 heterocycles. The Morgan fingerprint density at radius 2 is 2.07 bits per heavy atom. The van der Waals surface area contributed by atoms with Crippen LogP contribution in [-0.4, -0.2) is 28.7 Å². The van der Waals surface area contributed by atoms with Gasteiger partial charge in [-0.2, -0.15) is 5.10 Å². The maximum absolute atomic E-state index is 9.91. The standard InChI is InChI=1S/C21H21BrN2O3/c1-13(25)12-21(2)24-19(17-10-15(22)6-9-20(17)27-21)11-18(23-24)14-4-7-16(26-3)8-5-14/h4-10,12,19,25H,11H2,1-3H3. The van der Waals surface area contributed by atoms with Crippen molar-refractivity contribution in [1.29, 1.82) is 0 Å². The van der Waals surface area contributed by atoms with Gasteiger partial charge in [0.1, 0.15) is 11.5 Å². The van der Waals surface area contributed by atoms with Crippen LogP contribution in [0.4, 0.5) is 0 Å². The SMILES string of the molecule is COc1ccc(C2=NN3C(C2)c2cc(Br)ccc2OC3(C)C=C(C)O)cc1. The van der Waals surface area contributed by atoms with Crippen molar-refractivity contribution in [2.45, 2.75) is 32.0 Å². The Kier molecular flexibility index (Phi) is 4.38. The number of hydrogen-bond donors (Lipinski definition) is 1. The highest BCUT2D eigenvalue weighted by molar-refractivity contribution is 9.10. The van der Waals surface area contributed by atoms with Crippen molar-refractivity contribution in [3.63, 3.8) is 0 Å². The van der Waals surface area contributed by atoms with E-state index in [1.807, 2.05) is 48.3 Å². The van der Waals surface area contributed by atoms with E-state index >= 15 is 0 Å². The van der Waals surface area contributed by atoms with E-state index < -0.39 is 5.72 Å². The second-order valence-electron chi connectivity index (χ2n) is 6.96. The van der Waals surface area contributed by atoms with E-state index in [0.29, 0.717) is 0 Å². The van der Waals surface area contributed by atoms with Crippen LogP contribution in [0.2, 0.25) is 0 Å². The zero-order valence-corrected chi connectivity index (χ0v) is 17.0. The number of hydrazone groups is 1. The fourth-order valence-corrected chi connectivity index (χ4v) is 4.12. The lowest BCUT2D eigenvalue weighted by molar-refractivity contribution is -0.0698. The number of aliphatic hydroxyl groups excluding tert-OH is 1. The first-order chi connectivity index (χ1) is 12.9. The lowest BCUT2D eigenvalue weighted by Gasteiger charge is -2.44. The molecule has 2 atom stereocenters. The van der Waals surface area contributed by atoms with Gasteiger partial charge in [-0.05, 0) is 55.0 Å². The van der Waals surface area contributed by atoms with Crippen LogP contribution in [0.15, 0.2) is 63.9 Å². The largest absolute Gasteiger partial charge is 0.513 e. The maximum Gasteiger partial charge on any atom is 0.218 e. The Morgan fingerprint density at radius 1 is 1.33 bits per heavy atom. The minimum absolute atomic E-state index is 0.0314. The second kappa shape index (κ2) is 6.60. The highest BCUT2D eigenvalue weighted by Crippen LogP contribution is 2.48. The van der Waals surface area contributed by atoms with Crippen molar-refractivity contribution < 1.29 is 14.6 Å². The molecule has 0 radical (unpaired) electrons. The van der Waals surface area contributed by atoms with Gasteiger partial charge in [0.15, 0.2) is 0 Å². The molecule has 0 aliphatic carbocycles. The van der Waals surface area contributed by atoms with Crippen LogP contribution in [-0.2, 0) is 0 Å². The Labute approximate surface area is 167 Å². The minimum atomic E-state index is -0.863. The summed E-state index contributed by atoms with van der Waals surface area (Å²) in [6.07, 6.45) is 2.46. The summed E-state index contributed by atoms with van der Waals surface area (Å²) >= 11 is 3.55.